The lowest BCUT2D eigenvalue weighted by molar-refractivity contribution is 0.102. The lowest BCUT2D eigenvalue weighted by atomic mass is 10.1. The van der Waals surface area contributed by atoms with E-state index in [-0.39, 0.29) is 5.91 Å². The first kappa shape index (κ1) is 15.0. The molecule has 1 aromatic carbocycles. The summed E-state index contributed by atoms with van der Waals surface area (Å²) < 4.78 is 24.8. The number of nitrogens with one attached hydrogen (secondary N) is 3. The van der Waals surface area contributed by atoms with E-state index < -0.39 is 5.76 Å². The van der Waals surface area contributed by atoms with Crippen LogP contribution < -0.4 is 10.6 Å². The number of hydrogen-bond donors (Lipinski definition) is 3. The summed E-state index contributed by atoms with van der Waals surface area (Å²) in [7, 11) is 0. The molecule has 0 atom stereocenters. The van der Waals surface area contributed by atoms with Gasteiger partial charge in [-0.1, -0.05) is 17.8 Å². The minimum Gasteiger partial charge on any atom is -0.321 e. The van der Waals surface area contributed by atoms with Crippen LogP contribution in [0.2, 0.25) is 0 Å². The number of carbonyl (C=O) groups is 1. The first-order valence-electron chi connectivity index (χ1n) is 6.76. The van der Waals surface area contributed by atoms with Crippen molar-refractivity contribution >= 4 is 23.4 Å². The number of thioether (sulfide) groups is 1. The van der Waals surface area contributed by atoms with Crippen LogP contribution >= 0.6 is 11.8 Å². The molecule has 116 valence electrons. The summed E-state index contributed by atoms with van der Waals surface area (Å²) in [6.07, 6.45) is 0.802. The van der Waals surface area contributed by atoms with Gasteiger partial charge in [0.05, 0.1) is 0 Å². The van der Waals surface area contributed by atoms with Gasteiger partial charge in [-0.25, -0.2) is 0 Å². The molecular weight excluding hydrogens is 310 g/mol. The van der Waals surface area contributed by atoms with Crippen LogP contribution in [0.5, 0.6) is 0 Å². The van der Waals surface area contributed by atoms with E-state index in [4.69, 9.17) is 0 Å². The summed E-state index contributed by atoms with van der Waals surface area (Å²) in [5, 5.41) is 12.8. The molecule has 8 heteroatoms. The quantitative estimate of drug-likeness (QED) is 0.756. The van der Waals surface area contributed by atoms with E-state index in [0.717, 1.165) is 24.2 Å². The number of alkyl halides is 2. The Morgan fingerprint density at radius 3 is 3.09 bits per heavy atom. The Labute approximate surface area is 129 Å². The van der Waals surface area contributed by atoms with Crippen molar-refractivity contribution in [3.63, 3.8) is 0 Å². The van der Waals surface area contributed by atoms with Crippen LogP contribution in [0, 0.1) is 0 Å². The van der Waals surface area contributed by atoms with Crippen LogP contribution in [0.25, 0.3) is 0 Å². The second kappa shape index (κ2) is 6.45. The highest BCUT2D eigenvalue weighted by Crippen LogP contribution is 2.27. The van der Waals surface area contributed by atoms with Crippen LogP contribution in [-0.4, -0.2) is 28.4 Å². The minimum absolute atomic E-state index is 0.342. The molecule has 0 unspecified atom stereocenters. The normalized spacial score (nSPS) is 14.0. The number of amides is 1. The molecule has 1 aliphatic rings. The number of hydrogen-bond acceptors (Lipinski definition) is 4. The number of carbonyl (C=O) groups excluding carboxylic acids is 1. The zero-order valence-corrected chi connectivity index (χ0v) is 12.3. The first-order valence-corrected chi connectivity index (χ1v) is 7.64. The number of halogens is 2. The molecule has 0 fully saturated rings. The predicted octanol–water partition coefficient (Wildman–Crippen LogP) is 2.62. The molecule has 1 amide bonds. The Balaban J connectivity index is 1.75. The smallest absolute Gasteiger partial charge is 0.288 e. The van der Waals surface area contributed by atoms with Crippen molar-refractivity contribution in [2.45, 2.75) is 23.6 Å². The molecule has 0 radical (unpaired) electrons. The zero-order chi connectivity index (χ0) is 15.5. The minimum atomic E-state index is -2.49. The van der Waals surface area contributed by atoms with Crippen molar-refractivity contribution in [3.8, 4) is 0 Å². The van der Waals surface area contributed by atoms with Crippen LogP contribution in [0.4, 0.5) is 14.5 Å². The number of anilines is 1. The van der Waals surface area contributed by atoms with Crippen LogP contribution in [0.15, 0.2) is 29.2 Å². The average molecular weight is 324 g/mol. The van der Waals surface area contributed by atoms with Crippen molar-refractivity contribution in [2.24, 2.45) is 0 Å². The lowest BCUT2D eigenvalue weighted by Crippen LogP contribution is -2.25. The molecule has 0 aliphatic carbocycles. The maximum Gasteiger partial charge on any atom is 0.288 e. The number of fused-ring (bicyclic) bond motifs is 1. The number of aromatic nitrogens is 2. The van der Waals surface area contributed by atoms with E-state index >= 15 is 0 Å². The number of H-pyrrole nitrogens is 1. The van der Waals surface area contributed by atoms with Crippen LogP contribution in [0.1, 0.15) is 21.7 Å². The second-order valence-corrected chi connectivity index (χ2v) is 5.88. The Bertz CT molecular complexity index is 689. The molecule has 3 rings (SSSR count). The molecule has 3 N–H and O–H groups in total. The van der Waals surface area contributed by atoms with Gasteiger partial charge in [-0.05, 0) is 18.2 Å². The standard InChI is InChI=1S/C14H14F2N4OS/c15-14(16)22-9-3-1-2-8(6-9)18-13(21)12-10-7-17-5-4-11(10)19-20-12/h1-3,6,14,17H,4-5,7H2,(H,18,21)(H,19,20). The van der Waals surface area contributed by atoms with Gasteiger partial charge in [0.15, 0.2) is 5.69 Å². The summed E-state index contributed by atoms with van der Waals surface area (Å²) in [6.45, 7) is 1.44. The van der Waals surface area contributed by atoms with Crippen molar-refractivity contribution in [1.29, 1.82) is 0 Å². The van der Waals surface area contributed by atoms with Gasteiger partial charge in [-0.15, -0.1) is 0 Å². The van der Waals surface area contributed by atoms with E-state index in [9.17, 15) is 13.6 Å². The monoisotopic (exact) mass is 324 g/mol. The molecule has 0 saturated carbocycles. The molecule has 1 aromatic heterocycles. The van der Waals surface area contributed by atoms with E-state index in [1.165, 1.54) is 6.07 Å². The molecule has 2 aromatic rings. The summed E-state index contributed by atoms with van der Waals surface area (Å²) in [6, 6.07) is 6.38. The third-order valence-electron chi connectivity index (χ3n) is 3.34. The fourth-order valence-electron chi connectivity index (χ4n) is 2.35. The average Bonchev–Trinajstić information content (AvgIpc) is 2.91. The molecule has 5 nitrogen and oxygen atoms in total. The molecule has 0 saturated heterocycles. The van der Waals surface area contributed by atoms with Gasteiger partial charge in [0, 0.05) is 41.4 Å². The highest BCUT2D eigenvalue weighted by molar-refractivity contribution is 7.99. The third kappa shape index (κ3) is 3.28. The molecular formula is C14H14F2N4OS. The topological polar surface area (TPSA) is 69.8 Å². The third-order valence-corrected chi connectivity index (χ3v) is 4.04. The van der Waals surface area contributed by atoms with E-state index in [1.807, 2.05) is 0 Å². The molecule has 0 spiro atoms. The van der Waals surface area contributed by atoms with Crippen molar-refractivity contribution < 1.29 is 13.6 Å². The van der Waals surface area contributed by atoms with Gasteiger partial charge in [0.2, 0.25) is 0 Å². The summed E-state index contributed by atoms with van der Waals surface area (Å²) in [4.78, 5) is 12.7. The van der Waals surface area contributed by atoms with Gasteiger partial charge in [0.25, 0.3) is 11.7 Å². The second-order valence-electron chi connectivity index (χ2n) is 4.82. The summed E-state index contributed by atoms with van der Waals surface area (Å²) in [5.74, 6) is -2.84. The maximum atomic E-state index is 12.4. The number of rotatable bonds is 4. The van der Waals surface area contributed by atoms with Crippen molar-refractivity contribution in [1.82, 2.24) is 15.5 Å². The maximum absolute atomic E-state index is 12.4. The largest absolute Gasteiger partial charge is 0.321 e. The predicted molar refractivity (Wildman–Crippen MR) is 80.3 cm³/mol. The number of benzene rings is 1. The summed E-state index contributed by atoms with van der Waals surface area (Å²) in [5.41, 5.74) is 2.64. The lowest BCUT2D eigenvalue weighted by Gasteiger charge is -2.13. The fraction of sp³-hybridized carbons (Fsp3) is 0.286. The summed E-state index contributed by atoms with van der Waals surface area (Å²) >= 11 is 0.444. The van der Waals surface area contributed by atoms with Crippen LogP contribution in [-0.2, 0) is 13.0 Å². The number of aromatic amines is 1. The Kier molecular flexibility index (Phi) is 4.39. The molecule has 0 bridgehead atoms. The van der Waals surface area contributed by atoms with E-state index in [1.54, 1.807) is 18.2 Å². The number of nitrogens with zero attached hydrogens (tertiary/aromatic N) is 1. The Morgan fingerprint density at radius 2 is 2.27 bits per heavy atom. The Morgan fingerprint density at radius 1 is 1.41 bits per heavy atom. The fourth-order valence-corrected chi connectivity index (χ4v) is 2.91. The van der Waals surface area contributed by atoms with Crippen LogP contribution in [0.3, 0.4) is 0 Å². The molecule has 1 aliphatic heterocycles. The SMILES string of the molecule is O=C(Nc1cccc(SC(F)F)c1)c1n[nH]c2c1CNCC2. The molecule has 22 heavy (non-hydrogen) atoms. The zero-order valence-electron chi connectivity index (χ0n) is 11.5. The first-order chi connectivity index (χ1) is 10.6. The van der Waals surface area contributed by atoms with Crippen molar-refractivity contribution in [3.05, 3.63) is 41.2 Å². The highest BCUT2D eigenvalue weighted by atomic mass is 32.2. The van der Waals surface area contributed by atoms with Gasteiger partial charge in [0.1, 0.15) is 0 Å². The van der Waals surface area contributed by atoms with Gasteiger partial charge in [-0.2, -0.15) is 13.9 Å². The Hall–Kier alpha value is -1.93. The highest BCUT2D eigenvalue weighted by Gasteiger charge is 2.21. The van der Waals surface area contributed by atoms with Crippen molar-refractivity contribution in [2.75, 3.05) is 11.9 Å². The van der Waals surface area contributed by atoms with Gasteiger partial charge < -0.3 is 10.6 Å². The van der Waals surface area contributed by atoms with E-state index in [2.05, 4.69) is 20.8 Å². The van der Waals surface area contributed by atoms with E-state index in [0.29, 0.717) is 34.6 Å². The molecule has 2 heterocycles. The van der Waals surface area contributed by atoms with Gasteiger partial charge >= 0.3 is 0 Å². The van der Waals surface area contributed by atoms with Gasteiger partial charge in [-0.3, -0.25) is 9.89 Å².